The van der Waals surface area contributed by atoms with E-state index in [9.17, 15) is 14.7 Å². The van der Waals surface area contributed by atoms with E-state index in [0.717, 1.165) is 74.4 Å². The lowest BCUT2D eigenvalue weighted by Gasteiger charge is -2.40. The van der Waals surface area contributed by atoms with E-state index in [1.807, 2.05) is 23.9 Å². The maximum Gasteiger partial charge on any atom is 0.235 e. The minimum atomic E-state index is -0.383. The summed E-state index contributed by atoms with van der Waals surface area (Å²) >= 11 is 0. The van der Waals surface area contributed by atoms with Crippen molar-refractivity contribution in [2.75, 3.05) is 50.8 Å². The predicted octanol–water partition coefficient (Wildman–Crippen LogP) is 0.576. The Kier molecular flexibility index (Phi) is 6.36. The number of hydrogen-bond donors (Lipinski definition) is 3. The first-order valence-corrected chi connectivity index (χ1v) is 12.1. The number of aliphatic hydroxyl groups excluding tert-OH is 1. The maximum absolute atomic E-state index is 12.5. The molecule has 3 fully saturated rings. The molecule has 0 aliphatic carbocycles. The summed E-state index contributed by atoms with van der Waals surface area (Å²) in [5.74, 6) is -0.193. The van der Waals surface area contributed by atoms with Crippen molar-refractivity contribution < 1.29 is 14.7 Å². The highest BCUT2D eigenvalue weighted by Gasteiger charge is 2.33. The second kappa shape index (κ2) is 9.40. The molecular formula is C24H34N6O3. The van der Waals surface area contributed by atoms with Gasteiger partial charge in [0.1, 0.15) is 0 Å². The number of anilines is 1. The lowest BCUT2D eigenvalue weighted by molar-refractivity contribution is -0.134. The van der Waals surface area contributed by atoms with Gasteiger partial charge in [-0.1, -0.05) is 12.1 Å². The first-order chi connectivity index (χ1) is 16.0. The molecule has 2 amide bonds. The number of amides is 2. The number of carbonyl (C=O) groups excluding carboxylic acids is 2. The van der Waals surface area contributed by atoms with E-state index in [2.05, 4.69) is 26.5 Å². The van der Waals surface area contributed by atoms with Crippen LogP contribution >= 0.6 is 0 Å². The Morgan fingerprint density at radius 3 is 2.73 bits per heavy atom. The molecule has 5 rings (SSSR count). The number of nitrogens with zero attached hydrogens (tertiary/aromatic N) is 4. The number of piperazine rings is 1. The molecule has 1 aromatic heterocycles. The number of imide groups is 1. The van der Waals surface area contributed by atoms with Gasteiger partial charge in [0, 0.05) is 64.2 Å². The van der Waals surface area contributed by atoms with Crippen molar-refractivity contribution in [2.24, 2.45) is 13.0 Å². The number of aliphatic hydroxyl groups is 1. The van der Waals surface area contributed by atoms with E-state index in [1.165, 1.54) is 0 Å². The van der Waals surface area contributed by atoms with Crippen molar-refractivity contribution in [3.63, 3.8) is 0 Å². The van der Waals surface area contributed by atoms with Crippen LogP contribution in [-0.4, -0.2) is 83.5 Å². The van der Waals surface area contributed by atoms with Gasteiger partial charge in [-0.25, -0.2) is 0 Å². The molecule has 0 spiro atoms. The second-order valence-corrected chi connectivity index (χ2v) is 9.65. The zero-order chi connectivity index (χ0) is 22.9. The van der Waals surface area contributed by atoms with Gasteiger partial charge in [-0.3, -0.25) is 24.5 Å². The summed E-state index contributed by atoms with van der Waals surface area (Å²) in [6.45, 7) is 6.10. The number of nitrogens with one attached hydrogen (secondary N) is 2. The molecule has 3 aliphatic rings. The number of para-hydroxylation sites is 1. The Morgan fingerprint density at radius 2 is 1.97 bits per heavy atom. The van der Waals surface area contributed by atoms with Gasteiger partial charge in [0.25, 0.3) is 0 Å². The summed E-state index contributed by atoms with van der Waals surface area (Å²) in [6.07, 6.45) is 3.10. The number of carbonyl (C=O) groups is 2. The van der Waals surface area contributed by atoms with Gasteiger partial charge in [-0.2, -0.15) is 5.10 Å². The molecule has 1 unspecified atom stereocenters. The van der Waals surface area contributed by atoms with Crippen molar-refractivity contribution in [2.45, 2.75) is 37.6 Å². The number of hydrogen-bond acceptors (Lipinski definition) is 7. The first kappa shape index (κ1) is 22.3. The highest BCUT2D eigenvalue weighted by Crippen LogP contribution is 2.36. The van der Waals surface area contributed by atoms with Crippen LogP contribution in [0.15, 0.2) is 18.2 Å². The Balaban J connectivity index is 1.31. The van der Waals surface area contributed by atoms with Gasteiger partial charge in [0.2, 0.25) is 11.8 Å². The number of fused-ring (bicyclic) bond motifs is 1. The Bertz CT molecular complexity index is 1030. The molecule has 3 saturated heterocycles. The highest BCUT2D eigenvalue weighted by atomic mass is 16.3. The fraction of sp³-hybridized carbons (Fsp3) is 0.625. The fourth-order valence-electron chi connectivity index (χ4n) is 5.72. The van der Waals surface area contributed by atoms with Crippen LogP contribution in [0, 0.1) is 5.92 Å². The molecular weight excluding hydrogens is 420 g/mol. The molecule has 178 valence electrons. The van der Waals surface area contributed by atoms with Gasteiger partial charge in [0.05, 0.1) is 29.4 Å². The monoisotopic (exact) mass is 454 g/mol. The van der Waals surface area contributed by atoms with Crippen molar-refractivity contribution >= 4 is 28.4 Å². The molecule has 33 heavy (non-hydrogen) atoms. The molecule has 2 aromatic rings. The van der Waals surface area contributed by atoms with Crippen LogP contribution in [0.4, 0.5) is 5.69 Å². The van der Waals surface area contributed by atoms with E-state index < -0.39 is 0 Å². The SMILES string of the molecule is Cn1nc(C2CCC(=O)NC2=O)c2cccc(N3CCC(CN4CCNC[C@@H]4CO)CC3)c21. The van der Waals surface area contributed by atoms with E-state index in [-0.39, 0.29) is 30.4 Å². The Morgan fingerprint density at radius 1 is 1.15 bits per heavy atom. The van der Waals surface area contributed by atoms with Crippen LogP contribution in [0.5, 0.6) is 0 Å². The van der Waals surface area contributed by atoms with Crippen molar-refractivity contribution in [3.05, 3.63) is 23.9 Å². The van der Waals surface area contributed by atoms with Gasteiger partial charge < -0.3 is 15.3 Å². The molecule has 1 aromatic carbocycles. The summed E-state index contributed by atoms with van der Waals surface area (Å²) in [4.78, 5) is 28.9. The summed E-state index contributed by atoms with van der Waals surface area (Å²) < 4.78 is 1.89. The molecule has 4 heterocycles. The second-order valence-electron chi connectivity index (χ2n) is 9.65. The van der Waals surface area contributed by atoms with Crippen LogP contribution in [0.25, 0.3) is 10.9 Å². The maximum atomic E-state index is 12.5. The van der Waals surface area contributed by atoms with Crippen LogP contribution < -0.4 is 15.5 Å². The molecule has 9 heteroatoms. The average molecular weight is 455 g/mol. The molecule has 0 radical (unpaired) electrons. The number of aryl methyl sites for hydroxylation is 1. The third kappa shape index (κ3) is 4.37. The summed E-state index contributed by atoms with van der Waals surface area (Å²) in [5, 5.41) is 21.3. The highest BCUT2D eigenvalue weighted by molar-refractivity contribution is 6.03. The minimum absolute atomic E-state index is 0.203. The smallest absolute Gasteiger partial charge is 0.235 e. The van der Waals surface area contributed by atoms with Crippen LogP contribution in [0.1, 0.15) is 37.3 Å². The van der Waals surface area contributed by atoms with Crippen molar-refractivity contribution in [3.8, 4) is 0 Å². The van der Waals surface area contributed by atoms with Crippen LogP contribution in [-0.2, 0) is 16.6 Å². The van der Waals surface area contributed by atoms with Gasteiger partial charge in [-0.05, 0) is 31.2 Å². The van der Waals surface area contributed by atoms with Gasteiger partial charge >= 0.3 is 0 Å². The zero-order valence-corrected chi connectivity index (χ0v) is 19.3. The fourth-order valence-corrected chi connectivity index (χ4v) is 5.72. The third-order valence-corrected chi connectivity index (χ3v) is 7.57. The molecule has 3 N–H and O–H groups in total. The molecule has 0 bridgehead atoms. The number of piperidine rings is 2. The topological polar surface area (TPSA) is 103 Å². The number of rotatable bonds is 5. The predicted molar refractivity (Wildman–Crippen MR) is 126 cm³/mol. The lowest BCUT2D eigenvalue weighted by Crippen LogP contribution is -2.54. The molecule has 9 nitrogen and oxygen atoms in total. The summed E-state index contributed by atoms with van der Waals surface area (Å²) in [7, 11) is 1.94. The zero-order valence-electron chi connectivity index (χ0n) is 19.3. The van der Waals surface area contributed by atoms with Crippen LogP contribution in [0.2, 0.25) is 0 Å². The lowest BCUT2D eigenvalue weighted by atomic mass is 9.92. The normalized spacial score (nSPS) is 25.6. The minimum Gasteiger partial charge on any atom is -0.395 e. The third-order valence-electron chi connectivity index (χ3n) is 7.57. The van der Waals surface area contributed by atoms with E-state index in [4.69, 9.17) is 5.10 Å². The quantitative estimate of drug-likeness (QED) is 0.568. The largest absolute Gasteiger partial charge is 0.395 e. The molecule has 2 atom stereocenters. The van der Waals surface area contributed by atoms with E-state index in [0.29, 0.717) is 18.8 Å². The van der Waals surface area contributed by atoms with Crippen molar-refractivity contribution in [1.29, 1.82) is 0 Å². The number of benzene rings is 1. The summed E-state index contributed by atoms with van der Waals surface area (Å²) in [6, 6.07) is 6.46. The van der Waals surface area contributed by atoms with Gasteiger partial charge in [0.15, 0.2) is 0 Å². The van der Waals surface area contributed by atoms with E-state index >= 15 is 0 Å². The average Bonchev–Trinajstić information content (AvgIpc) is 3.16. The van der Waals surface area contributed by atoms with E-state index in [1.54, 1.807) is 0 Å². The first-order valence-electron chi connectivity index (χ1n) is 12.1. The Labute approximate surface area is 194 Å². The van der Waals surface area contributed by atoms with Crippen molar-refractivity contribution in [1.82, 2.24) is 25.3 Å². The van der Waals surface area contributed by atoms with Gasteiger partial charge in [-0.15, -0.1) is 0 Å². The summed E-state index contributed by atoms with van der Waals surface area (Å²) in [5.41, 5.74) is 2.98. The number of aromatic nitrogens is 2. The molecule has 0 saturated carbocycles. The standard InChI is InChI=1S/C24H34N6O3/c1-28-23-18(22(27-28)19-5-6-21(32)26-24(19)33)3-2-4-20(23)29-10-7-16(8-11-29)14-30-12-9-25-13-17(30)15-31/h2-4,16-17,19,25,31H,5-15H2,1H3,(H,26,32,33)/t17-,19?/m1/s1. The molecule has 3 aliphatic heterocycles. The van der Waals surface area contributed by atoms with Crippen LogP contribution in [0.3, 0.4) is 0 Å². The Hall–Kier alpha value is -2.49.